The van der Waals surface area contributed by atoms with E-state index in [0.29, 0.717) is 22.8 Å². The van der Waals surface area contributed by atoms with Gasteiger partial charge in [-0.3, -0.25) is 14.4 Å². The first kappa shape index (κ1) is 23.4. The van der Waals surface area contributed by atoms with Crippen molar-refractivity contribution in [3.63, 3.8) is 0 Å². The van der Waals surface area contributed by atoms with Crippen LogP contribution in [0.5, 0.6) is 5.75 Å². The second-order valence-electron chi connectivity index (χ2n) is 7.55. The zero-order valence-electron chi connectivity index (χ0n) is 18.7. The quantitative estimate of drug-likeness (QED) is 0.424. The van der Waals surface area contributed by atoms with Crippen molar-refractivity contribution in [3.8, 4) is 11.4 Å². The fourth-order valence-corrected chi connectivity index (χ4v) is 3.29. The van der Waals surface area contributed by atoms with Gasteiger partial charge in [0.2, 0.25) is 5.43 Å². The normalized spacial score (nSPS) is 10.5. The van der Waals surface area contributed by atoms with Gasteiger partial charge in [0.1, 0.15) is 17.3 Å². The number of hydrogen-bond donors (Lipinski definition) is 2. The van der Waals surface area contributed by atoms with E-state index in [9.17, 15) is 18.8 Å². The number of ether oxygens (including phenoxy) is 1. The van der Waals surface area contributed by atoms with E-state index in [-0.39, 0.29) is 18.2 Å². The van der Waals surface area contributed by atoms with E-state index in [1.165, 1.54) is 35.0 Å². The van der Waals surface area contributed by atoms with Crippen LogP contribution in [0, 0.1) is 12.7 Å². The Morgan fingerprint density at radius 3 is 2.40 bits per heavy atom. The van der Waals surface area contributed by atoms with Crippen molar-refractivity contribution >= 4 is 23.2 Å². The van der Waals surface area contributed by atoms with Crippen molar-refractivity contribution in [3.05, 3.63) is 112 Å². The number of carbonyl (C=O) groups is 2. The Labute approximate surface area is 200 Å². The number of nitrogens with one attached hydrogen (secondary N) is 2. The molecule has 9 heteroatoms. The molecule has 0 fully saturated rings. The molecule has 0 aliphatic heterocycles. The van der Waals surface area contributed by atoms with E-state index in [1.54, 1.807) is 55.5 Å². The molecular weight excluding hydrogens is 451 g/mol. The van der Waals surface area contributed by atoms with E-state index in [0.717, 1.165) is 0 Å². The number of nitrogens with zero attached hydrogens (tertiary/aromatic N) is 2. The van der Waals surface area contributed by atoms with E-state index in [2.05, 4.69) is 15.7 Å². The molecule has 2 amide bonds. The molecule has 1 aromatic heterocycles. The van der Waals surface area contributed by atoms with Crippen LogP contribution in [0.3, 0.4) is 0 Å². The Bertz CT molecular complexity index is 1440. The van der Waals surface area contributed by atoms with Gasteiger partial charge in [0, 0.05) is 29.2 Å². The summed E-state index contributed by atoms with van der Waals surface area (Å²) in [5.41, 5.74) is 0.470. The van der Waals surface area contributed by atoms with Gasteiger partial charge in [0.15, 0.2) is 12.3 Å². The van der Waals surface area contributed by atoms with Gasteiger partial charge in [-0.05, 0) is 43.3 Å². The van der Waals surface area contributed by atoms with Gasteiger partial charge in [-0.1, -0.05) is 36.4 Å². The number of aromatic nitrogens is 2. The van der Waals surface area contributed by atoms with Crippen LogP contribution in [0.4, 0.5) is 15.8 Å². The van der Waals surface area contributed by atoms with E-state index >= 15 is 0 Å². The van der Waals surface area contributed by atoms with E-state index in [1.807, 2.05) is 6.07 Å². The molecule has 0 atom stereocenters. The minimum absolute atomic E-state index is 0.114. The lowest BCUT2D eigenvalue weighted by molar-refractivity contribution is -0.118. The summed E-state index contributed by atoms with van der Waals surface area (Å²) in [6.45, 7) is 1.36. The van der Waals surface area contributed by atoms with Crippen LogP contribution < -0.4 is 20.8 Å². The molecule has 0 saturated heterocycles. The van der Waals surface area contributed by atoms with Gasteiger partial charge < -0.3 is 15.4 Å². The van der Waals surface area contributed by atoms with Gasteiger partial charge in [-0.15, -0.1) is 0 Å². The molecular formula is C26H21FN4O4. The third-order valence-corrected chi connectivity index (χ3v) is 4.92. The third kappa shape index (κ3) is 5.77. The summed E-state index contributed by atoms with van der Waals surface area (Å²) in [4.78, 5) is 37.3. The van der Waals surface area contributed by atoms with Crippen molar-refractivity contribution < 1.29 is 18.7 Å². The Morgan fingerprint density at radius 2 is 1.63 bits per heavy atom. The number of anilines is 2. The van der Waals surface area contributed by atoms with Crippen LogP contribution in [-0.4, -0.2) is 28.2 Å². The summed E-state index contributed by atoms with van der Waals surface area (Å²) in [6, 6.07) is 22.5. The first-order valence-electron chi connectivity index (χ1n) is 10.7. The lowest BCUT2D eigenvalue weighted by atomic mass is 10.2. The maximum atomic E-state index is 14.2. The molecule has 8 nitrogen and oxygen atoms in total. The molecule has 1 heterocycles. The number of para-hydroxylation sites is 2. The Kier molecular flexibility index (Phi) is 6.96. The highest BCUT2D eigenvalue weighted by molar-refractivity contribution is 6.02. The zero-order valence-corrected chi connectivity index (χ0v) is 18.7. The Balaban J connectivity index is 1.46. The lowest BCUT2D eigenvalue weighted by Gasteiger charge is -2.12. The maximum absolute atomic E-state index is 14.2. The largest absolute Gasteiger partial charge is 0.484 e. The summed E-state index contributed by atoms with van der Waals surface area (Å²) in [7, 11) is 0. The fourth-order valence-electron chi connectivity index (χ4n) is 3.29. The Morgan fingerprint density at radius 1 is 0.914 bits per heavy atom. The van der Waals surface area contributed by atoms with Gasteiger partial charge in [0.05, 0.1) is 0 Å². The molecule has 176 valence electrons. The summed E-state index contributed by atoms with van der Waals surface area (Å²) in [6.07, 6.45) is 0. The van der Waals surface area contributed by atoms with Gasteiger partial charge in [0.25, 0.3) is 11.8 Å². The standard InChI is InChI=1S/C26H21FN4O4/c1-17-14-23(32)25(30-31(17)22-13-6-5-12-21(22)27)26(34)29-19-10-7-11-20(15-19)35-16-24(33)28-18-8-3-2-4-9-18/h2-15H,16H2,1H3,(H,28,33)(H,29,34). The lowest BCUT2D eigenvalue weighted by Crippen LogP contribution is -2.27. The molecule has 4 aromatic rings. The minimum atomic E-state index is -0.765. The zero-order chi connectivity index (χ0) is 24.8. The topological polar surface area (TPSA) is 102 Å². The van der Waals surface area contributed by atoms with Crippen LogP contribution in [0.2, 0.25) is 0 Å². The predicted octanol–water partition coefficient (Wildman–Crippen LogP) is 3.95. The second-order valence-corrected chi connectivity index (χ2v) is 7.55. The maximum Gasteiger partial charge on any atom is 0.280 e. The number of benzene rings is 3. The molecule has 0 bridgehead atoms. The number of aryl methyl sites for hydroxylation is 1. The van der Waals surface area contributed by atoms with Crippen molar-refractivity contribution in [2.75, 3.05) is 17.2 Å². The van der Waals surface area contributed by atoms with Crippen LogP contribution in [0.1, 0.15) is 16.2 Å². The monoisotopic (exact) mass is 472 g/mol. The van der Waals surface area contributed by atoms with Crippen LogP contribution in [-0.2, 0) is 4.79 Å². The van der Waals surface area contributed by atoms with E-state index in [4.69, 9.17) is 4.74 Å². The number of carbonyl (C=O) groups excluding carboxylic acids is 2. The molecule has 35 heavy (non-hydrogen) atoms. The summed E-state index contributed by atoms with van der Waals surface area (Å²) >= 11 is 0. The molecule has 0 unspecified atom stereocenters. The molecule has 0 spiro atoms. The smallest absolute Gasteiger partial charge is 0.280 e. The molecule has 0 aliphatic rings. The van der Waals surface area contributed by atoms with Gasteiger partial charge >= 0.3 is 0 Å². The summed E-state index contributed by atoms with van der Waals surface area (Å²) in [5, 5.41) is 9.39. The number of halogens is 1. The molecule has 3 aromatic carbocycles. The first-order chi connectivity index (χ1) is 16.9. The van der Waals surface area contributed by atoms with Gasteiger partial charge in [-0.2, -0.15) is 5.10 Å². The SMILES string of the molecule is Cc1cc(=O)c(C(=O)Nc2cccc(OCC(=O)Nc3ccccc3)c2)nn1-c1ccccc1F. The third-order valence-electron chi connectivity index (χ3n) is 4.92. The molecule has 0 saturated carbocycles. The average molecular weight is 472 g/mol. The summed E-state index contributed by atoms with van der Waals surface area (Å²) in [5.74, 6) is -1.31. The predicted molar refractivity (Wildman–Crippen MR) is 129 cm³/mol. The first-order valence-corrected chi connectivity index (χ1v) is 10.7. The number of hydrogen-bond acceptors (Lipinski definition) is 5. The molecule has 0 aliphatic carbocycles. The highest BCUT2D eigenvalue weighted by Gasteiger charge is 2.17. The number of amides is 2. The van der Waals surface area contributed by atoms with Crippen molar-refractivity contribution in [2.45, 2.75) is 6.92 Å². The molecule has 2 N–H and O–H groups in total. The summed E-state index contributed by atoms with van der Waals surface area (Å²) < 4.78 is 21.0. The molecule has 0 radical (unpaired) electrons. The van der Waals surface area contributed by atoms with E-state index < -0.39 is 22.8 Å². The highest BCUT2D eigenvalue weighted by Crippen LogP contribution is 2.18. The van der Waals surface area contributed by atoms with Crippen molar-refractivity contribution in [1.29, 1.82) is 0 Å². The fraction of sp³-hybridized carbons (Fsp3) is 0.0769. The average Bonchev–Trinajstić information content (AvgIpc) is 2.84. The second kappa shape index (κ2) is 10.4. The van der Waals surface area contributed by atoms with Crippen molar-refractivity contribution in [1.82, 2.24) is 9.78 Å². The van der Waals surface area contributed by atoms with Crippen LogP contribution in [0.25, 0.3) is 5.69 Å². The Hall–Kier alpha value is -4.79. The van der Waals surface area contributed by atoms with Crippen LogP contribution in [0.15, 0.2) is 89.7 Å². The highest BCUT2D eigenvalue weighted by atomic mass is 19.1. The number of rotatable bonds is 7. The van der Waals surface area contributed by atoms with Crippen LogP contribution >= 0.6 is 0 Å². The minimum Gasteiger partial charge on any atom is -0.484 e. The molecule has 4 rings (SSSR count). The van der Waals surface area contributed by atoms with Crippen molar-refractivity contribution in [2.24, 2.45) is 0 Å². The van der Waals surface area contributed by atoms with Gasteiger partial charge in [-0.25, -0.2) is 9.07 Å².